The fourth-order valence-electron chi connectivity index (χ4n) is 2.00. The smallest absolute Gasteiger partial charge is 0.0683 e. The van der Waals surface area contributed by atoms with E-state index in [2.05, 4.69) is 18.1 Å². The summed E-state index contributed by atoms with van der Waals surface area (Å²) in [6, 6.07) is 10.3. The Kier molecular flexibility index (Phi) is 2.56. The predicted molar refractivity (Wildman–Crippen MR) is 56.7 cm³/mol. The van der Waals surface area contributed by atoms with Crippen LogP contribution in [0.4, 0.5) is 0 Å². The molecule has 1 saturated carbocycles. The summed E-state index contributed by atoms with van der Waals surface area (Å²) in [7, 11) is 0. The van der Waals surface area contributed by atoms with E-state index in [1.165, 1.54) is 5.56 Å². The van der Waals surface area contributed by atoms with Crippen molar-refractivity contribution >= 4 is 0 Å². The first-order valence-electron chi connectivity index (χ1n) is 4.99. The maximum atomic E-state index is 9.68. The number of benzene rings is 1. The Balaban J connectivity index is 1.97. The van der Waals surface area contributed by atoms with Gasteiger partial charge in [0.1, 0.15) is 0 Å². The molecular weight excluding hydrogens is 172 g/mol. The van der Waals surface area contributed by atoms with Crippen LogP contribution >= 0.6 is 0 Å². The first-order valence-corrected chi connectivity index (χ1v) is 4.99. The molecule has 1 N–H and O–H groups in total. The molecule has 0 aliphatic heterocycles. The molecule has 1 aliphatic carbocycles. The molecule has 2 rings (SSSR count). The summed E-state index contributed by atoms with van der Waals surface area (Å²) < 4.78 is 0. The van der Waals surface area contributed by atoms with Crippen LogP contribution in [-0.4, -0.2) is 11.2 Å². The molecule has 0 saturated heterocycles. The molecule has 1 aromatic carbocycles. The number of aliphatic hydroxyl groups excluding tert-OH is 1. The van der Waals surface area contributed by atoms with E-state index in [1.807, 2.05) is 18.2 Å². The quantitative estimate of drug-likeness (QED) is 0.717. The summed E-state index contributed by atoms with van der Waals surface area (Å²) in [4.78, 5) is 0. The summed E-state index contributed by atoms with van der Waals surface area (Å²) in [5.74, 6) is 3.42. The highest BCUT2D eigenvalue weighted by Gasteiger charge is 2.42. The summed E-state index contributed by atoms with van der Waals surface area (Å²) in [5, 5.41) is 9.68. The molecule has 14 heavy (non-hydrogen) atoms. The summed E-state index contributed by atoms with van der Waals surface area (Å²) in [6.45, 7) is 0. The third kappa shape index (κ3) is 1.81. The van der Waals surface area contributed by atoms with E-state index < -0.39 is 0 Å². The Bertz CT molecular complexity index is 336. The van der Waals surface area contributed by atoms with Crippen LogP contribution in [0.3, 0.4) is 0 Å². The topological polar surface area (TPSA) is 20.2 Å². The minimum absolute atomic E-state index is 0.315. The molecule has 1 nitrogen and oxygen atoms in total. The Morgan fingerprint density at radius 3 is 2.79 bits per heavy atom. The van der Waals surface area contributed by atoms with Gasteiger partial charge in [0.15, 0.2) is 0 Å². The van der Waals surface area contributed by atoms with Crippen molar-refractivity contribution in [2.45, 2.75) is 24.9 Å². The van der Waals surface area contributed by atoms with Gasteiger partial charge >= 0.3 is 0 Å². The minimum Gasteiger partial charge on any atom is -0.392 e. The standard InChI is InChI=1S/C13H14O/c1-2-6-13(14)12-9-11(12)10-7-4-3-5-8-10/h1,3-5,7-8,11-14H,6,9H2. The van der Waals surface area contributed by atoms with E-state index in [9.17, 15) is 5.11 Å². The van der Waals surface area contributed by atoms with Crippen molar-refractivity contribution in [3.8, 4) is 12.3 Å². The summed E-state index contributed by atoms with van der Waals surface area (Å²) in [5.41, 5.74) is 1.33. The lowest BCUT2D eigenvalue weighted by molar-refractivity contribution is 0.154. The fraction of sp³-hybridized carbons (Fsp3) is 0.385. The first kappa shape index (κ1) is 9.30. The van der Waals surface area contributed by atoms with Crippen LogP contribution in [0.5, 0.6) is 0 Å². The lowest BCUT2D eigenvalue weighted by Crippen LogP contribution is -2.08. The first-order chi connectivity index (χ1) is 6.83. The monoisotopic (exact) mass is 186 g/mol. The molecule has 72 valence electrons. The Morgan fingerprint density at radius 2 is 2.14 bits per heavy atom. The zero-order chi connectivity index (χ0) is 9.97. The third-order valence-corrected chi connectivity index (χ3v) is 2.89. The zero-order valence-electron chi connectivity index (χ0n) is 8.06. The van der Waals surface area contributed by atoms with Crippen molar-refractivity contribution in [2.24, 2.45) is 5.92 Å². The van der Waals surface area contributed by atoms with E-state index in [4.69, 9.17) is 6.42 Å². The maximum Gasteiger partial charge on any atom is 0.0683 e. The molecule has 1 fully saturated rings. The lowest BCUT2D eigenvalue weighted by atomic mass is 10.1. The van der Waals surface area contributed by atoms with E-state index in [0.717, 1.165) is 6.42 Å². The van der Waals surface area contributed by atoms with E-state index in [-0.39, 0.29) is 6.10 Å². The summed E-state index contributed by atoms with van der Waals surface area (Å²) >= 11 is 0. The van der Waals surface area contributed by atoms with Gasteiger partial charge in [0.2, 0.25) is 0 Å². The van der Waals surface area contributed by atoms with Crippen LogP contribution in [0, 0.1) is 18.3 Å². The van der Waals surface area contributed by atoms with Crippen LogP contribution in [0.15, 0.2) is 30.3 Å². The second-order valence-corrected chi connectivity index (χ2v) is 3.89. The van der Waals surface area contributed by atoms with Gasteiger partial charge in [0.25, 0.3) is 0 Å². The Labute approximate surface area is 84.8 Å². The predicted octanol–water partition coefficient (Wildman–Crippen LogP) is 2.17. The summed E-state index contributed by atoms with van der Waals surface area (Å²) in [6.07, 6.45) is 6.41. The van der Waals surface area contributed by atoms with Crippen LogP contribution in [0.2, 0.25) is 0 Å². The average Bonchev–Trinajstić information content (AvgIpc) is 2.99. The highest BCUT2D eigenvalue weighted by atomic mass is 16.3. The number of hydrogen-bond acceptors (Lipinski definition) is 1. The van der Waals surface area contributed by atoms with Crippen molar-refractivity contribution in [3.63, 3.8) is 0 Å². The van der Waals surface area contributed by atoms with Crippen LogP contribution in [0.25, 0.3) is 0 Å². The number of aliphatic hydroxyl groups is 1. The van der Waals surface area contributed by atoms with Gasteiger partial charge in [0, 0.05) is 6.42 Å². The van der Waals surface area contributed by atoms with Crippen LogP contribution in [-0.2, 0) is 0 Å². The number of hydrogen-bond donors (Lipinski definition) is 1. The fourth-order valence-corrected chi connectivity index (χ4v) is 2.00. The van der Waals surface area contributed by atoms with Crippen LogP contribution < -0.4 is 0 Å². The van der Waals surface area contributed by atoms with E-state index in [1.54, 1.807) is 0 Å². The molecule has 0 aromatic heterocycles. The van der Waals surface area contributed by atoms with Crippen molar-refractivity contribution in [1.29, 1.82) is 0 Å². The van der Waals surface area contributed by atoms with Gasteiger partial charge in [-0.1, -0.05) is 30.3 Å². The van der Waals surface area contributed by atoms with Gasteiger partial charge < -0.3 is 5.11 Å². The van der Waals surface area contributed by atoms with Gasteiger partial charge in [-0.05, 0) is 23.8 Å². The third-order valence-electron chi connectivity index (χ3n) is 2.89. The largest absolute Gasteiger partial charge is 0.392 e. The molecule has 0 radical (unpaired) electrons. The van der Waals surface area contributed by atoms with Crippen molar-refractivity contribution in [2.75, 3.05) is 0 Å². The van der Waals surface area contributed by atoms with Gasteiger partial charge in [-0.25, -0.2) is 0 Å². The SMILES string of the molecule is C#CCC(O)C1CC1c1ccccc1. The van der Waals surface area contributed by atoms with Gasteiger partial charge in [-0.2, -0.15) is 0 Å². The molecule has 3 unspecified atom stereocenters. The van der Waals surface area contributed by atoms with E-state index >= 15 is 0 Å². The van der Waals surface area contributed by atoms with Crippen molar-refractivity contribution < 1.29 is 5.11 Å². The van der Waals surface area contributed by atoms with Crippen LogP contribution in [0.1, 0.15) is 24.3 Å². The molecule has 0 bridgehead atoms. The second-order valence-electron chi connectivity index (χ2n) is 3.89. The van der Waals surface area contributed by atoms with E-state index in [0.29, 0.717) is 18.3 Å². The van der Waals surface area contributed by atoms with Crippen molar-refractivity contribution in [1.82, 2.24) is 0 Å². The highest BCUT2D eigenvalue weighted by Crippen LogP contribution is 2.49. The second kappa shape index (κ2) is 3.86. The maximum absolute atomic E-state index is 9.68. The molecule has 3 atom stereocenters. The van der Waals surface area contributed by atoms with Gasteiger partial charge in [-0.15, -0.1) is 12.3 Å². The number of rotatable bonds is 3. The van der Waals surface area contributed by atoms with Gasteiger partial charge in [0.05, 0.1) is 6.10 Å². The Hall–Kier alpha value is -1.26. The normalized spacial score (nSPS) is 26.6. The minimum atomic E-state index is -0.315. The highest BCUT2D eigenvalue weighted by molar-refractivity contribution is 5.26. The number of terminal acetylenes is 1. The lowest BCUT2D eigenvalue weighted by Gasteiger charge is -2.05. The molecule has 0 amide bonds. The molecule has 1 heteroatoms. The molecular formula is C13H14O. The van der Waals surface area contributed by atoms with Gasteiger partial charge in [-0.3, -0.25) is 0 Å². The zero-order valence-corrected chi connectivity index (χ0v) is 8.06. The van der Waals surface area contributed by atoms with Crippen molar-refractivity contribution in [3.05, 3.63) is 35.9 Å². The Morgan fingerprint density at radius 1 is 1.43 bits per heavy atom. The average molecular weight is 186 g/mol. The molecule has 1 aromatic rings. The molecule has 0 heterocycles. The molecule has 1 aliphatic rings. The molecule has 0 spiro atoms.